The number of ether oxygens (including phenoxy) is 1. The molecule has 0 spiro atoms. The van der Waals surface area contributed by atoms with E-state index in [4.69, 9.17) is 9.72 Å². The lowest BCUT2D eigenvalue weighted by molar-refractivity contribution is 0.112. The van der Waals surface area contributed by atoms with Crippen LogP contribution in [0.15, 0.2) is 30.7 Å². The van der Waals surface area contributed by atoms with Gasteiger partial charge < -0.3 is 9.30 Å². The van der Waals surface area contributed by atoms with E-state index in [0.29, 0.717) is 18.7 Å². The topological polar surface area (TPSA) is 74.8 Å². The fraction of sp³-hybridized carbons (Fsp3) is 0.294. The predicted octanol–water partition coefficient (Wildman–Crippen LogP) is 2.59. The van der Waals surface area contributed by atoms with Crippen LogP contribution in [-0.2, 0) is 6.54 Å². The molecule has 122 valence electrons. The quantitative estimate of drug-likeness (QED) is 0.693. The summed E-state index contributed by atoms with van der Waals surface area (Å²) in [5.41, 5.74) is 2.18. The van der Waals surface area contributed by atoms with Crippen LogP contribution in [0.2, 0.25) is 0 Å². The van der Waals surface area contributed by atoms with Crippen molar-refractivity contribution in [3.63, 3.8) is 0 Å². The van der Waals surface area contributed by atoms with Gasteiger partial charge in [-0.2, -0.15) is 5.10 Å². The Morgan fingerprint density at radius 2 is 2.17 bits per heavy atom. The first kappa shape index (κ1) is 14.6. The molecule has 0 N–H and O–H groups in total. The van der Waals surface area contributed by atoms with Crippen LogP contribution in [0, 0.1) is 0 Å². The van der Waals surface area contributed by atoms with Gasteiger partial charge in [-0.3, -0.25) is 4.79 Å². The second-order valence-corrected chi connectivity index (χ2v) is 5.99. The highest BCUT2D eigenvalue weighted by atomic mass is 16.5. The van der Waals surface area contributed by atoms with E-state index < -0.39 is 0 Å². The monoisotopic (exact) mass is 323 g/mol. The van der Waals surface area contributed by atoms with Crippen LogP contribution >= 0.6 is 0 Å². The SMILES string of the molecule is CC(C)n1ncnc1-c1cn2c(n1)-c1cc(C=O)ccc1OCC2. The average molecular weight is 323 g/mol. The second kappa shape index (κ2) is 5.59. The zero-order valence-corrected chi connectivity index (χ0v) is 13.5. The minimum atomic E-state index is 0.196. The van der Waals surface area contributed by atoms with E-state index in [1.54, 1.807) is 12.4 Å². The third-order valence-corrected chi connectivity index (χ3v) is 4.04. The molecular weight excluding hydrogens is 306 g/mol. The molecule has 1 aromatic carbocycles. The fourth-order valence-corrected chi connectivity index (χ4v) is 2.90. The predicted molar refractivity (Wildman–Crippen MR) is 87.9 cm³/mol. The first-order chi connectivity index (χ1) is 11.7. The molecule has 0 saturated heterocycles. The maximum atomic E-state index is 11.1. The van der Waals surface area contributed by atoms with E-state index in [1.165, 1.54) is 0 Å². The number of fused-ring (bicyclic) bond motifs is 3. The number of imidazole rings is 1. The summed E-state index contributed by atoms with van der Waals surface area (Å²) >= 11 is 0. The number of rotatable bonds is 3. The third-order valence-electron chi connectivity index (χ3n) is 4.04. The van der Waals surface area contributed by atoms with Gasteiger partial charge in [0.1, 0.15) is 36.5 Å². The van der Waals surface area contributed by atoms with Crippen molar-refractivity contribution in [3.8, 4) is 28.7 Å². The van der Waals surface area contributed by atoms with Crippen LogP contribution in [0.5, 0.6) is 5.75 Å². The number of carbonyl (C=O) groups excluding carboxylic acids is 1. The van der Waals surface area contributed by atoms with Crippen LogP contribution in [0.25, 0.3) is 22.9 Å². The van der Waals surface area contributed by atoms with Gasteiger partial charge in [-0.25, -0.2) is 14.6 Å². The third kappa shape index (κ3) is 2.29. The zero-order chi connectivity index (χ0) is 16.7. The molecular formula is C17H17N5O2. The molecule has 0 radical (unpaired) electrons. The van der Waals surface area contributed by atoms with Crippen molar-refractivity contribution in [1.82, 2.24) is 24.3 Å². The van der Waals surface area contributed by atoms with Crippen LogP contribution in [0.4, 0.5) is 0 Å². The molecule has 0 unspecified atom stereocenters. The highest BCUT2D eigenvalue weighted by Crippen LogP contribution is 2.34. The van der Waals surface area contributed by atoms with Crippen molar-refractivity contribution >= 4 is 6.29 Å². The first-order valence-corrected chi connectivity index (χ1v) is 7.87. The molecule has 1 aliphatic heterocycles. The Bertz CT molecular complexity index is 910. The molecule has 3 heterocycles. The van der Waals surface area contributed by atoms with Gasteiger partial charge in [-0.1, -0.05) is 0 Å². The highest BCUT2D eigenvalue weighted by Gasteiger charge is 2.21. The van der Waals surface area contributed by atoms with Crippen LogP contribution < -0.4 is 4.74 Å². The van der Waals surface area contributed by atoms with Gasteiger partial charge in [0.05, 0.1) is 12.1 Å². The summed E-state index contributed by atoms with van der Waals surface area (Å²) in [5, 5.41) is 4.27. The second-order valence-electron chi connectivity index (χ2n) is 5.99. The number of aldehydes is 1. The van der Waals surface area contributed by atoms with Gasteiger partial charge in [-0.05, 0) is 32.0 Å². The zero-order valence-electron chi connectivity index (χ0n) is 13.5. The standard InChI is InChI=1S/C17H17N5O2/c1-11(2)22-17(18-10-19-22)14-8-21-5-6-24-15-4-3-12(9-23)7-13(15)16(21)20-14/h3-4,7-11H,5-6H2,1-2H3. The highest BCUT2D eigenvalue weighted by molar-refractivity contribution is 5.80. The molecule has 0 bridgehead atoms. The Hall–Kier alpha value is -2.96. The van der Waals surface area contributed by atoms with Gasteiger partial charge in [-0.15, -0.1) is 0 Å². The molecule has 0 atom stereocenters. The summed E-state index contributed by atoms with van der Waals surface area (Å²) in [6, 6.07) is 5.57. The van der Waals surface area contributed by atoms with Gasteiger partial charge >= 0.3 is 0 Å². The number of hydrogen-bond acceptors (Lipinski definition) is 5. The van der Waals surface area contributed by atoms with E-state index in [-0.39, 0.29) is 6.04 Å². The van der Waals surface area contributed by atoms with Crippen molar-refractivity contribution < 1.29 is 9.53 Å². The number of benzene rings is 1. The van der Waals surface area contributed by atoms with Gasteiger partial charge in [0.15, 0.2) is 5.82 Å². The summed E-state index contributed by atoms with van der Waals surface area (Å²) in [7, 11) is 0. The Morgan fingerprint density at radius 1 is 1.29 bits per heavy atom. The lowest BCUT2D eigenvalue weighted by atomic mass is 10.1. The lowest BCUT2D eigenvalue weighted by Crippen LogP contribution is -2.06. The fourth-order valence-electron chi connectivity index (χ4n) is 2.90. The first-order valence-electron chi connectivity index (χ1n) is 7.87. The molecule has 0 fully saturated rings. The number of nitrogens with zero attached hydrogens (tertiary/aromatic N) is 5. The summed E-state index contributed by atoms with van der Waals surface area (Å²) in [6.07, 6.45) is 4.33. The van der Waals surface area contributed by atoms with Gasteiger partial charge in [0, 0.05) is 17.8 Å². The molecule has 0 aliphatic carbocycles. The van der Waals surface area contributed by atoms with Crippen molar-refractivity contribution in [1.29, 1.82) is 0 Å². The molecule has 0 amide bonds. The van der Waals surface area contributed by atoms with E-state index >= 15 is 0 Å². The maximum Gasteiger partial charge on any atom is 0.178 e. The minimum Gasteiger partial charge on any atom is -0.491 e. The smallest absolute Gasteiger partial charge is 0.178 e. The Balaban J connectivity index is 1.87. The van der Waals surface area contributed by atoms with E-state index in [0.717, 1.165) is 34.9 Å². The molecule has 4 rings (SSSR count). The molecule has 1 aliphatic rings. The molecule has 24 heavy (non-hydrogen) atoms. The Morgan fingerprint density at radius 3 is 2.96 bits per heavy atom. The van der Waals surface area contributed by atoms with Crippen molar-refractivity contribution in [3.05, 3.63) is 36.3 Å². The van der Waals surface area contributed by atoms with Crippen LogP contribution in [-0.4, -0.2) is 37.2 Å². The van der Waals surface area contributed by atoms with Crippen molar-refractivity contribution in [2.45, 2.75) is 26.4 Å². The molecule has 2 aromatic heterocycles. The number of hydrogen-bond donors (Lipinski definition) is 0. The molecule has 3 aromatic rings. The average Bonchev–Trinajstić information content (AvgIpc) is 3.19. The number of aromatic nitrogens is 5. The van der Waals surface area contributed by atoms with E-state index in [1.807, 2.05) is 27.6 Å². The summed E-state index contributed by atoms with van der Waals surface area (Å²) in [6.45, 7) is 5.34. The Labute approximate surface area is 138 Å². The van der Waals surface area contributed by atoms with Gasteiger partial charge in [0.25, 0.3) is 0 Å². The maximum absolute atomic E-state index is 11.1. The van der Waals surface area contributed by atoms with Crippen molar-refractivity contribution in [2.75, 3.05) is 6.61 Å². The Kier molecular flexibility index (Phi) is 3.41. The minimum absolute atomic E-state index is 0.196. The number of carbonyl (C=O) groups is 1. The van der Waals surface area contributed by atoms with Crippen molar-refractivity contribution in [2.24, 2.45) is 0 Å². The van der Waals surface area contributed by atoms with Crippen LogP contribution in [0.1, 0.15) is 30.2 Å². The van der Waals surface area contributed by atoms with Crippen LogP contribution in [0.3, 0.4) is 0 Å². The van der Waals surface area contributed by atoms with Gasteiger partial charge in [0.2, 0.25) is 0 Å². The normalized spacial score (nSPS) is 13.1. The summed E-state index contributed by atoms with van der Waals surface area (Å²) < 4.78 is 9.66. The summed E-state index contributed by atoms with van der Waals surface area (Å²) in [4.78, 5) is 20.2. The largest absolute Gasteiger partial charge is 0.491 e. The van der Waals surface area contributed by atoms with E-state index in [9.17, 15) is 4.79 Å². The lowest BCUT2D eigenvalue weighted by Gasteiger charge is -2.08. The molecule has 0 saturated carbocycles. The van der Waals surface area contributed by atoms with E-state index in [2.05, 4.69) is 23.9 Å². The molecule has 7 heteroatoms. The molecule has 7 nitrogen and oxygen atoms in total. The summed E-state index contributed by atoms with van der Waals surface area (Å²) in [5.74, 6) is 2.25.